The minimum Gasteiger partial charge on any atom is -0.184 e. The topological polar surface area (TPSA) is 0 Å². The van der Waals surface area contributed by atoms with Gasteiger partial charge in [0.05, 0.1) is 0 Å². The molecule has 0 amide bonds. The van der Waals surface area contributed by atoms with Gasteiger partial charge in [-0.3, -0.25) is 0 Å². The Labute approximate surface area is 180 Å². The van der Waals surface area contributed by atoms with Gasteiger partial charge in [0.1, 0.15) is 0 Å². The van der Waals surface area contributed by atoms with Crippen LogP contribution in [0.1, 0.15) is 5.56 Å². The van der Waals surface area contributed by atoms with Crippen molar-refractivity contribution in [1.82, 2.24) is 0 Å². The third kappa shape index (κ3) is 4.15. The Morgan fingerprint density at radius 3 is 2.04 bits per heavy atom. The van der Waals surface area contributed by atoms with E-state index in [0.717, 1.165) is 0 Å². The van der Waals surface area contributed by atoms with Gasteiger partial charge < -0.3 is 0 Å². The molecule has 27 heavy (non-hydrogen) atoms. The summed E-state index contributed by atoms with van der Waals surface area (Å²) in [5, 5.41) is 5.30. The molecule has 128 valence electrons. The second-order valence-electron chi connectivity index (χ2n) is 6.39. The summed E-state index contributed by atoms with van der Waals surface area (Å²) in [4.78, 5) is 0. The van der Waals surface area contributed by atoms with E-state index in [1.54, 1.807) is 0 Å². The van der Waals surface area contributed by atoms with E-state index in [1.165, 1.54) is 38.2 Å². The quantitative estimate of drug-likeness (QED) is 0.251. The fourth-order valence-corrected chi connectivity index (χ4v) is 3.51. The van der Waals surface area contributed by atoms with Crippen LogP contribution in [0.3, 0.4) is 0 Å². The van der Waals surface area contributed by atoms with Gasteiger partial charge in [-0.15, -0.1) is 46.2 Å². The molecule has 5 aromatic carbocycles. The van der Waals surface area contributed by atoms with E-state index in [9.17, 15) is 0 Å². The number of fused-ring (bicyclic) bond motifs is 2. The molecule has 0 bridgehead atoms. The average molecular weight is 424 g/mol. The van der Waals surface area contributed by atoms with Gasteiger partial charge in [-0.1, -0.05) is 61.0 Å². The first-order chi connectivity index (χ1) is 12.8. The molecule has 0 unspecified atom stereocenters. The standard InChI is InChI=1S/C20H15.C6H5.Zr/c1-14-13-16-8-3-5-11-18(16)20(14)19-12-6-9-15-7-2-4-10-17(15)19;1-2-4-6-5-3-1;/h2-13H,1H3;1-5H;/q2*-1;+2. The Kier molecular flexibility index (Phi) is 6.48. The molecule has 0 heterocycles. The second-order valence-corrected chi connectivity index (χ2v) is 6.39. The maximum absolute atomic E-state index is 2.89. The molecule has 0 atom stereocenters. The zero-order chi connectivity index (χ0) is 17.8. The SMILES string of the molecule is Cc1[cH-]c2ccccc2c1-c1cccc2ccccc12.[Zr+2].[c-]1ccccc1. The van der Waals surface area contributed by atoms with Crippen LogP contribution in [0.4, 0.5) is 0 Å². The molecule has 0 N–H and O–H groups in total. The van der Waals surface area contributed by atoms with Gasteiger partial charge in [0.15, 0.2) is 0 Å². The predicted molar refractivity (Wildman–Crippen MR) is 112 cm³/mol. The summed E-state index contributed by atoms with van der Waals surface area (Å²) in [6.07, 6.45) is 0. The summed E-state index contributed by atoms with van der Waals surface area (Å²) in [5.41, 5.74) is 4.06. The third-order valence-corrected chi connectivity index (χ3v) is 4.66. The molecule has 0 spiro atoms. The first-order valence-electron chi connectivity index (χ1n) is 8.89. The van der Waals surface area contributed by atoms with E-state index in [0.29, 0.717) is 0 Å². The Morgan fingerprint density at radius 2 is 1.33 bits per heavy atom. The van der Waals surface area contributed by atoms with Crippen molar-refractivity contribution < 1.29 is 26.2 Å². The maximum Gasteiger partial charge on any atom is 2.00 e. The third-order valence-electron chi connectivity index (χ3n) is 4.66. The van der Waals surface area contributed by atoms with Crippen LogP contribution >= 0.6 is 0 Å². The summed E-state index contributed by atoms with van der Waals surface area (Å²) in [5.74, 6) is 0. The normalized spacial score (nSPS) is 10.1. The molecule has 1 heteroatoms. The Morgan fingerprint density at radius 1 is 0.667 bits per heavy atom. The molecule has 0 aliphatic carbocycles. The molecule has 0 fully saturated rings. The summed E-state index contributed by atoms with van der Waals surface area (Å²) in [6, 6.07) is 38.6. The molecule has 0 radical (unpaired) electrons. The molecule has 0 aliphatic heterocycles. The van der Waals surface area contributed by atoms with Gasteiger partial charge in [0.2, 0.25) is 0 Å². The maximum atomic E-state index is 2.89. The van der Waals surface area contributed by atoms with Gasteiger partial charge in [-0.05, 0) is 10.8 Å². The van der Waals surface area contributed by atoms with Gasteiger partial charge >= 0.3 is 26.2 Å². The van der Waals surface area contributed by atoms with E-state index in [-0.39, 0.29) is 26.2 Å². The summed E-state index contributed by atoms with van der Waals surface area (Å²) >= 11 is 0. The summed E-state index contributed by atoms with van der Waals surface area (Å²) < 4.78 is 0. The summed E-state index contributed by atoms with van der Waals surface area (Å²) in [6.45, 7) is 2.21. The van der Waals surface area contributed by atoms with Crippen molar-refractivity contribution >= 4 is 21.5 Å². The number of rotatable bonds is 1. The van der Waals surface area contributed by atoms with Crippen molar-refractivity contribution in [3.63, 3.8) is 0 Å². The zero-order valence-electron chi connectivity index (χ0n) is 15.3. The van der Waals surface area contributed by atoms with Crippen LogP contribution in [0.2, 0.25) is 0 Å². The first kappa shape index (κ1) is 19.4. The van der Waals surface area contributed by atoms with Gasteiger partial charge in [-0.2, -0.15) is 36.4 Å². The molecular formula is C26H20Zr. The molecular weight excluding hydrogens is 404 g/mol. The number of aryl methyl sites for hydroxylation is 1. The average Bonchev–Trinajstić information content (AvgIpc) is 3.05. The second kappa shape index (κ2) is 9.02. The molecule has 0 saturated heterocycles. The number of hydrogen-bond donors (Lipinski definition) is 0. The van der Waals surface area contributed by atoms with Crippen molar-refractivity contribution in [2.24, 2.45) is 0 Å². The van der Waals surface area contributed by atoms with Crippen molar-refractivity contribution in [1.29, 1.82) is 0 Å². The predicted octanol–water partition coefficient (Wildman–Crippen LogP) is 7.17. The van der Waals surface area contributed by atoms with E-state index < -0.39 is 0 Å². The van der Waals surface area contributed by atoms with Crippen molar-refractivity contribution in [3.8, 4) is 11.1 Å². The number of benzene rings is 4. The first-order valence-corrected chi connectivity index (χ1v) is 8.89. The van der Waals surface area contributed by atoms with E-state index in [2.05, 4.69) is 85.8 Å². The minimum absolute atomic E-state index is 0. The van der Waals surface area contributed by atoms with Crippen molar-refractivity contribution in [2.45, 2.75) is 6.92 Å². The van der Waals surface area contributed by atoms with Crippen LogP contribution in [0.5, 0.6) is 0 Å². The smallest absolute Gasteiger partial charge is 0.184 e. The van der Waals surface area contributed by atoms with Gasteiger partial charge in [-0.25, -0.2) is 0 Å². The Bertz CT molecular complexity index is 1100. The fourth-order valence-electron chi connectivity index (χ4n) is 3.51. The summed E-state index contributed by atoms with van der Waals surface area (Å²) in [7, 11) is 0. The fraction of sp³-hybridized carbons (Fsp3) is 0.0385. The largest absolute Gasteiger partial charge is 2.00 e. The molecule has 0 aromatic heterocycles. The Hall–Kier alpha value is -2.37. The minimum atomic E-state index is 0. The van der Waals surface area contributed by atoms with Crippen LogP contribution in [0.15, 0.2) is 103 Å². The van der Waals surface area contributed by atoms with Gasteiger partial charge in [0.25, 0.3) is 0 Å². The molecule has 5 aromatic rings. The molecule has 0 aliphatic rings. The molecule has 5 rings (SSSR count). The van der Waals surface area contributed by atoms with E-state index in [1.807, 2.05) is 30.3 Å². The molecule has 0 nitrogen and oxygen atoms in total. The van der Waals surface area contributed by atoms with Crippen molar-refractivity contribution in [3.05, 3.63) is 115 Å². The number of hydrogen-bond acceptors (Lipinski definition) is 0. The van der Waals surface area contributed by atoms with E-state index >= 15 is 0 Å². The van der Waals surface area contributed by atoms with Crippen LogP contribution in [0, 0.1) is 13.0 Å². The van der Waals surface area contributed by atoms with E-state index in [4.69, 9.17) is 0 Å². The van der Waals surface area contributed by atoms with Crippen molar-refractivity contribution in [2.75, 3.05) is 0 Å². The van der Waals surface area contributed by atoms with Crippen LogP contribution < -0.4 is 0 Å². The Balaban J connectivity index is 0.000000259. The van der Waals surface area contributed by atoms with Crippen LogP contribution in [0.25, 0.3) is 32.7 Å². The zero-order valence-corrected chi connectivity index (χ0v) is 17.8. The monoisotopic (exact) mass is 422 g/mol. The van der Waals surface area contributed by atoms with Gasteiger partial charge in [0, 0.05) is 0 Å². The van der Waals surface area contributed by atoms with Crippen LogP contribution in [-0.2, 0) is 26.2 Å². The molecule has 0 saturated carbocycles. The van der Waals surface area contributed by atoms with Crippen LogP contribution in [-0.4, -0.2) is 0 Å².